The summed E-state index contributed by atoms with van der Waals surface area (Å²) in [4.78, 5) is 29.6. The summed E-state index contributed by atoms with van der Waals surface area (Å²) in [5.74, 6) is 0.725. The fourth-order valence-electron chi connectivity index (χ4n) is 3.83. The van der Waals surface area contributed by atoms with Gasteiger partial charge in [0.15, 0.2) is 0 Å². The third-order valence-corrected chi connectivity index (χ3v) is 5.63. The van der Waals surface area contributed by atoms with Crippen molar-refractivity contribution in [2.75, 3.05) is 19.7 Å². The molecule has 0 bridgehead atoms. The Hall–Kier alpha value is -2.99. The molecule has 1 saturated heterocycles. The summed E-state index contributed by atoms with van der Waals surface area (Å²) in [6, 6.07) is 14.5. The number of ether oxygens (including phenoxy) is 2. The maximum absolute atomic E-state index is 12.8. The molecule has 0 spiro atoms. The summed E-state index contributed by atoms with van der Waals surface area (Å²) >= 11 is 6.09. The van der Waals surface area contributed by atoms with Gasteiger partial charge in [-0.15, -0.1) is 0 Å². The average Bonchev–Trinajstić information content (AvgIpc) is 3.17. The summed E-state index contributed by atoms with van der Waals surface area (Å²) in [6.45, 7) is 3.35. The van der Waals surface area contributed by atoms with Crippen molar-refractivity contribution < 1.29 is 19.1 Å². The predicted octanol–water partition coefficient (Wildman–Crippen LogP) is 5.38. The van der Waals surface area contributed by atoms with Crippen LogP contribution in [0.4, 0.5) is 4.79 Å². The second-order valence-corrected chi connectivity index (χ2v) is 7.77. The van der Waals surface area contributed by atoms with Gasteiger partial charge in [-0.3, -0.25) is 4.79 Å². The van der Waals surface area contributed by atoms with Crippen LogP contribution in [0.5, 0.6) is 5.75 Å². The van der Waals surface area contributed by atoms with Gasteiger partial charge in [0, 0.05) is 46.2 Å². The molecule has 1 aliphatic rings. The van der Waals surface area contributed by atoms with Gasteiger partial charge < -0.3 is 19.4 Å². The second-order valence-electron chi connectivity index (χ2n) is 7.33. The number of aromatic nitrogens is 1. The fourth-order valence-corrected chi connectivity index (χ4v) is 4.01. The third-order valence-electron chi connectivity index (χ3n) is 5.39. The van der Waals surface area contributed by atoms with Crippen LogP contribution in [-0.4, -0.2) is 41.6 Å². The molecule has 0 aliphatic carbocycles. The molecule has 156 valence electrons. The topological polar surface area (TPSA) is 71.6 Å². The minimum atomic E-state index is -0.752. The molecule has 1 aromatic heterocycles. The molecule has 0 atom stereocenters. The number of rotatable bonds is 4. The highest BCUT2D eigenvalue weighted by molar-refractivity contribution is 6.31. The van der Waals surface area contributed by atoms with E-state index >= 15 is 0 Å². The Labute approximate surface area is 179 Å². The van der Waals surface area contributed by atoms with Crippen LogP contribution in [0.15, 0.2) is 48.5 Å². The van der Waals surface area contributed by atoms with Gasteiger partial charge in [0.25, 0.3) is 5.91 Å². The molecule has 6 nitrogen and oxygen atoms in total. The molecule has 1 aliphatic heterocycles. The van der Waals surface area contributed by atoms with E-state index in [2.05, 4.69) is 11.1 Å². The average molecular weight is 427 g/mol. The highest BCUT2D eigenvalue weighted by Crippen LogP contribution is 2.31. The van der Waals surface area contributed by atoms with E-state index in [1.165, 1.54) is 5.69 Å². The molecule has 2 heterocycles. The summed E-state index contributed by atoms with van der Waals surface area (Å²) in [5, 5.41) is 1.84. The van der Waals surface area contributed by atoms with Crippen molar-refractivity contribution in [3.63, 3.8) is 0 Å². The number of fused-ring (bicyclic) bond motifs is 1. The number of hydrogen-bond acceptors (Lipinski definition) is 4. The molecule has 1 fully saturated rings. The molecule has 4 rings (SSSR count). The quantitative estimate of drug-likeness (QED) is 0.449. The monoisotopic (exact) mass is 426 g/mol. The van der Waals surface area contributed by atoms with Gasteiger partial charge in [-0.25, -0.2) is 4.79 Å². The number of H-pyrrole nitrogens is 1. The Morgan fingerprint density at radius 1 is 1.10 bits per heavy atom. The van der Waals surface area contributed by atoms with Crippen LogP contribution in [0.1, 0.15) is 41.7 Å². The zero-order valence-corrected chi connectivity index (χ0v) is 17.4. The van der Waals surface area contributed by atoms with Crippen LogP contribution >= 0.6 is 11.6 Å². The summed E-state index contributed by atoms with van der Waals surface area (Å²) in [5.41, 5.74) is 2.85. The lowest BCUT2D eigenvalue weighted by atomic mass is 9.93. The molecule has 3 aromatic rings. The minimum absolute atomic E-state index is 0.0143. The van der Waals surface area contributed by atoms with E-state index in [0.717, 1.165) is 28.8 Å². The lowest BCUT2D eigenvalue weighted by Crippen LogP contribution is -2.37. The number of nitrogens with zero attached hydrogens (tertiary/aromatic N) is 1. The zero-order valence-electron chi connectivity index (χ0n) is 16.7. The van der Waals surface area contributed by atoms with Crippen LogP contribution in [0.3, 0.4) is 0 Å². The van der Waals surface area contributed by atoms with Gasteiger partial charge in [-0.05, 0) is 68.3 Å². The Balaban J connectivity index is 1.36. The van der Waals surface area contributed by atoms with Gasteiger partial charge in [0.05, 0.1) is 6.61 Å². The van der Waals surface area contributed by atoms with Crippen molar-refractivity contribution in [2.24, 2.45) is 0 Å². The number of carbonyl (C=O) groups is 2. The number of hydrogen-bond donors (Lipinski definition) is 1. The van der Waals surface area contributed by atoms with E-state index in [9.17, 15) is 9.59 Å². The number of carbonyl (C=O) groups excluding carboxylic acids is 2. The van der Waals surface area contributed by atoms with E-state index in [1.54, 1.807) is 31.2 Å². The first-order valence-electron chi connectivity index (χ1n) is 10.1. The minimum Gasteiger partial charge on any atom is -0.434 e. The molecular weight excluding hydrogens is 404 g/mol. The normalized spacial score (nSPS) is 14.7. The summed E-state index contributed by atoms with van der Waals surface area (Å²) in [6.07, 6.45) is 1.05. The van der Waals surface area contributed by atoms with Crippen LogP contribution < -0.4 is 4.74 Å². The van der Waals surface area contributed by atoms with Crippen molar-refractivity contribution in [3.8, 4) is 5.75 Å². The van der Waals surface area contributed by atoms with Crippen LogP contribution in [0.2, 0.25) is 5.02 Å². The standard InChI is InChI=1S/C23H23ClN2O4/c1-2-29-23(28)30-19-6-3-16(4-7-19)22(27)26-11-9-15(10-12-26)21-14-17-13-18(24)5-8-20(17)25-21/h3-8,13-15,25H,2,9-12H2,1H3. The fraction of sp³-hybridized carbons (Fsp3) is 0.304. The summed E-state index contributed by atoms with van der Waals surface area (Å²) < 4.78 is 9.78. The summed E-state index contributed by atoms with van der Waals surface area (Å²) in [7, 11) is 0. The number of likely N-dealkylation sites (tertiary alicyclic amines) is 1. The zero-order chi connectivity index (χ0) is 21.1. The van der Waals surface area contributed by atoms with Crippen molar-refractivity contribution >= 4 is 34.6 Å². The smallest absolute Gasteiger partial charge is 0.434 e. The molecule has 30 heavy (non-hydrogen) atoms. The molecular formula is C23H23ClN2O4. The van der Waals surface area contributed by atoms with Crippen LogP contribution in [0, 0.1) is 0 Å². The Bertz CT molecular complexity index is 1050. The van der Waals surface area contributed by atoms with E-state index in [-0.39, 0.29) is 12.5 Å². The third kappa shape index (κ3) is 4.44. The Kier molecular flexibility index (Phi) is 5.95. The molecule has 1 N–H and O–H groups in total. The van der Waals surface area contributed by atoms with Crippen molar-refractivity contribution in [3.05, 3.63) is 64.8 Å². The second kappa shape index (κ2) is 8.79. The first kappa shape index (κ1) is 20.3. The molecule has 1 amide bonds. The number of benzene rings is 2. The maximum atomic E-state index is 12.8. The number of piperidine rings is 1. The van der Waals surface area contributed by atoms with Crippen molar-refractivity contribution in [1.82, 2.24) is 9.88 Å². The largest absolute Gasteiger partial charge is 0.513 e. The number of nitrogens with one attached hydrogen (secondary N) is 1. The number of amides is 1. The lowest BCUT2D eigenvalue weighted by molar-refractivity contribution is 0.0712. The van der Waals surface area contributed by atoms with E-state index < -0.39 is 6.16 Å². The maximum Gasteiger partial charge on any atom is 0.513 e. The Morgan fingerprint density at radius 3 is 2.53 bits per heavy atom. The van der Waals surface area contributed by atoms with Gasteiger partial charge in [0.1, 0.15) is 5.75 Å². The van der Waals surface area contributed by atoms with Gasteiger partial charge in [-0.2, -0.15) is 0 Å². The molecule has 0 unspecified atom stereocenters. The number of aromatic amines is 1. The Morgan fingerprint density at radius 2 is 1.83 bits per heavy atom. The molecule has 0 radical (unpaired) electrons. The van der Waals surface area contributed by atoms with Gasteiger partial charge >= 0.3 is 6.16 Å². The van der Waals surface area contributed by atoms with Crippen LogP contribution in [0.25, 0.3) is 10.9 Å². The first-order chi connectivity index (χ1) is 14.5. The highest BCUT2D eigenvalue weighted by atomic mass is 35.5. The molecule has 7 heteroatoms. The lowest BCUT2D eigenvalue weighted by Gasteiger charge is -2.31. The van der Waals surface area contributed by atoms with Crippen molar-refractivity contribution in [1.29, 1.82) is 0 Å². The SMILES string of the molecule is CCOC(=O)Oc1ccc(C(=O)N2CCC(c3cc4cc(Cl)ccc4[nH]3)CC2)cc1. The van der Waals surface area contributed by atoms with E-state index in [4.69, 9.17) is 21.1 Å². The highest BCUT2D eigenvalue weighted by Gasteiger charge is 2.25. The van der Waals surface area contributed by atoms with E-state index in [1.807, 2.05) is 23.1 Å². The van der Waals surface area contributed by atoms with Crippen molar-refractivity contribution in [2.45, 2.75) is 25.7 Å². The van der Waals surface area contributed by atoms with Crippen LogP contribution in [-0.2, 0) is 4.74 Å². The molecule has 0 saturated carbocycles. The number of halogens is 1. The van der Waals surface area contributed by atoms with E-state index in [0.29, 0.717) is 30.3 Å². The molecule has 2 aromatic carbocycles. The van der Waals surface area contributed by atoms with Gasteiger partial charge in [-0.1, -0.05) is 11.6 Å². The van der Waals surface area contributed by atoms with Gasteiger partial charge in [0.2, 0.25) is 0 Å². The first-order valence-corrected chi connectivity index (χ1v) is 10.4. The predicted molar refractivity (Wildman–Crippen MR) is 115 cm³/mol.